The molecule has 0 bridgehead atoms. The number of amides is 2. The van der Waals surface area contributed by atoms with Crippen LogP contribution in [0.15, 0.2) is 36.4 Å². The van der Waals surface area contributed by atoms with E-state index in [1.165, 1.54) is 17.8 Å². The van der Waals surface area contributed by atoms with Crippen molar-refractivity contribution in [1.82, 2.24) is 10.2 Å². The van der Waals surface area contributed by atoms with Crippen LogP contribution >= 0.6 is 46.6 Å². The van der Waals surface area contributed by atoms with Gasteiger partial charge in [0.1, 0.15) is 11.9 Å². The van der Waals surface area contributed by atoms with E-state index in [0.29, 0.717) is 33.6 Å². The first-order valence-electron chi connectivity index (χ1n) is 10.8. The van der Waals surface area contributed by atoms with Gasteiger partial charge in [-0.05, 0) is 42.7 Å². The highest BCUT2D eigenvalue weighted by Crippen LogP contribution is 2.26. The van der Waals surface area contributed by atoms with Crippen LogP contribution in [0.2, 0.25) is 15.1 Å². The highest BCUT2D eigenvalue weighted by atomic mass is 35.5. The molecule has 180 valence electrons. The summed E-state index contributed by atoms with van der Waals surface area (Å²) in [5, 5.41) is 4.04. The number of halogens is 4. The van der Waals surface area contributed by atoms with Crippen molar-refractivity contribution in [2.24, 2.45) is 0 Å². The third-order valence-corrected chi connectivity index (χ3v) is 7.12. The van der Waals surface area contributed by atoms with Crippen molar-refractivity contribution in [3.8, 4) is 0 Å². The van der Waals surface area contributed by atoms with Crippen LogP contribution in [0.25, 0.3) is 0 Å². The molecule has 1 unspecified atom stereocenters. The predicted molar refractivity (Wildman–Crippen MR) is 137 cm³/mol. The summed E-state index contributed by atoms with van der Waals surface area (Å²) < 4.78 is 14.1. The molecule has 0 radical (unpaired) electrons. The van der Waals surface area contributed by atoms with Crippen molar-refractivity contribution in [2.75, 3.05) is 12.3 Å². The molecular weight excluding hydrogens is 506 g/mol. The number of rotatable bonds is 12. The maximum Gasteiger partial charge on any atom is 0.242 e. The van der Waals surface area contributed by atoms with Crippen molar-refractivity contribution in [2.45, 2.75) is 51.4 Å². The lowest BCUT2D eigenvalue weighted by Gasteiger charge is -2.30. The molecule has 0 aliphatic heterocycles. The van der Waals surface area contributed by atoms with Gasteiger partial charge in [-0.2, -0.15) is 0 Å². The summed E-state index contributed by atoms with van der Waals surface area (Å²) in [6, 6.07) is 9.00. The summed E-state index contributed by atoms with van der Waals surface area (Å²) in [5.74, 6) is -0.503. The van der Waals surface area contributed by atoms with Gasteiger partial charge in [0.05, 0.1) is 15.8 Å². The van der Waals surface area contributed by atoms with Crippen molar-refractivity contribution in [3.63, 3.8) is 0 Å². The number of carbonyl (C=O) groups excluding carboxylic acids is 2. The predicted octanol–water partition coefficient (Wildman–Crippen LogP) is 6.74. The third-order valence-electron chi connectivity index (χ3n) is 5.09. The second-order valence-electron chi connectivity index (χ2n) is 7.53. The van der Waals surface area contributed by atoms with Gasteiger partial charge in [0, 0.05) is 29.4 Å². The van der Waals surface area contributed by atoms with E-state index < -0.39 is 11.9 Å². The summed E-state index contributed by atoms with van der Waals surface area (Å²) in [4.78, 5) is 27.7. The quantitative estimate of drug-likeness (QED) is 0.307. The van der Waals surface area contributed by atoms with E-state index >= 15 is 0 Å². The van der Waals surface area contributed by atoms with Crippen LogP contribution in [0.3, 0.4) is 0 Å². The maximum atomic E-state index is 14.1. The van der Waals surface area contributed by atoms with Crippen molar-refractivity contribution < 1.29 is 14.0 Å². The highest BCUT2D eigenvalue weighted by molar-refractivity contribution is 7.99. The van der Waals surface area contributed by atoms with Gasteiger partial charge in [0.25, 0.3) is 0 Å². The fourth-order valence-electron chi connectivity index (χ4n) is 3.25. The average Bonchev–Trinajstić information content (AvgIpc) is 2.78. The van der Waals surface area contributed by atoms with Gasteiger partial charge >= 0.3 is 0 Å². The Balaban J connectivity index is 2.17. The van der Waals surface area contributed by atoms with Crippen LogP contribution in [0, 0.1) is 5.82 Å². The molecule has 0 saturated carbocycles. The zero-order valence-corrected chi connectivity index (χ0v) is 21.8. The first kappa shape index (κ1) is 27.8. The number of thioether (sulfide) groups is 1. The Bertz CT molecular complexity index is 941. The number of carbonyl (C=O) groups is 2. The number of hydrogen-bond acceptors (Lipinski definition) is 3. The lowest BCUT2D eigenvalue weighted by molar-refractivity contribution is -0.139. The summed E-state index contributed by atoms with van der Waals surface area (Å²) in [5.41, 5.74) is 1.12. The molecule has 1 N–H and O–H groups in total. The maximum absolute atomic E-state index is 14.1. The lowest BCUT2D eigenvalue weighted by Crippen LogP contribution is -2.49. The average molecular weight is 534 g/mol. The molecule has 2 aromatic rings. The van der Waals surface area contributed by atoms with E-state index in [0.717, 1.165) is 18.4 Å². The van der Waals surface area contributed by atoms with Gasteiger partial charge < -0.3 is 10.2 Å². The Labute approximate surface area is 214 Å². The summed E-state index contributed by atoms with van der Waals surface area (Å²) in [7, 11) is 0. The highest BCUT2D eigenvalue weighted by Gasteiger charge is 2.28. The molecule has 33 heavy (non-hydrogen) atoms. The Morgan fingerprint density at radius 2 is 1.85 bits per heavy atom. The minimum Gasteiger partial charge on any atom is -0.354 e. The molecule has 4 nitrogen and oxygen atoms in total. The Morgan fingerprint density at radius 1 is 1.09 bits per heavy atom. The number of unbranched alkanes of at least 4 members (excludes halogenated alkanes) is 1. The van der Waals surface area contributed by atoms with E-state index in [-0.39, 0.29) is 29.9 Å². The molecule has 2 rings (SSSR count). The van der Waals surface area contributed by atoms with Crippen LogP contribution in [0.4, 0.5) is 4.39 Å². The van der Waals surface area contributed by atoms with Crippen LogP contribution in [0.5, 0.6) is 0 Å². The molecule has 0 heterocycles. The summed E-state index contributed by atoms with van der Waals surface area (Å²) in [6.45, 7) is 4.67. The second-order valence-corrected chi connectivity index (χ2v) is 9.74. The van der Waals surface area contributed by atoms with E-state index in [4.69, 9.17) is 34.8 Å². The summed E-state index contributed by atoms with van der Waals surface area (Å²) >= 11 is 19.5. The Morgan fingerprint density at radius 3 is 2.48 bits per heavy atom. The third kappa shape index (κ3) is 8.36. The van der Waals surface area contributed by atoms with Gasteiger partial charge in [-0.25, -0.2) is 4.39 Å². The standard InChI is InChI=1S/C24H28Cl3FN2O2S/c1-3-5-11-29-24(32)22(4-2)30(13-16-9-10-19(26)20(27)12-16)23(31)15-33-14-17-18(25)7-6-8-21(17)28/h6-10,12,22H,3-5,11,13-15H2,1-2H3,(H,29,32). The Hall–Kier alpha value is -1.47. The van der Waals surface area contributed by atoms with Crippen molar-refractivity contribution >= 4 is 58.4 Å². The molecule has 2 amide bonds. The number of benzene rings is 2. The molecule has 0 aliphatic carbocycles. The van der Waals surface area contributed by atoms with E-state index in [1.807, 2.05) is 13.8 Å². The van der Waals surface area contributed by atoms with Crippen molar-refractivity contribution in [1.29, 1.82) is 0 Å². The van der Waals surface area contributed by atoms with Crippen LogP contribution in [-0.2, 0) is 21.9 Å². The summed E-state index contributed by atoms with van der Waals surface area (Å²) in [6.07, 6.45) is 2.27. The van der Waals surface area contributed by atoms with Gasteiger partial charge in [-0.3, -0.25) is 9.59 Å². The van der Waals surface area contributed by atoms with E-state index in [1.54, 1.807) is 35.2 Å². The number of nitrogens with zero attached hydrogens (tertiary/aromatic N) is 1. The minimum absolute atomic E-state index is 0.0741. The topological polar surface area (TPSA) is 49.4 Å². The van der Waals surface area contributed by atoms with Crippen LogP contribution in [0.1, 0.15) is 44.2 Å². The van der Waals surface area contributed by atoms with Gasteiger partial charge in [0.2, 0.25) is 11.8 Å². The molecule has 0 aromatic heterocycles. The fraction of sp³-hybridized carbons (Fsp3) is 0.417. The normalized spacial score (nSPS) is 11.8. The second kappa shape index (κ2) is 14.1. The molecule has 0 fully saturated rings. The first-order chi connectivity index (χ1) is 15.8. The van der Waals surface area contributed by atoms with Crippen molar-refractivity contribution in [3.05, 3.63) is 68.4 Å². The molecule has 0 aliphatic rings. The molecular formula is C24H28Cl3FN2O2S. The van der Waals surface area contributed by atoms with E-state index in [2.05, 4.69) is 5.32 Å². The fourth-order valence-corrected chi connectivity index (χ4v) is 4.82. The minimum atomic E-state index is -0.638. The smallest absolute Gasteiger partial charge is 0.242 e. The van der Waals surface area contributed by atoms with Crippen LogP contribution in [-0.4, -0.2) is 35.1 Å². The molecule has 2 aromatic carbocycles. The molecule has 1 atom stereocenters. The van der Waals surface area contributed by atoms with Crippen LogP contribution < -0.4 is 5.32 Å². The number of hydrogen-bond donors (Lipinski definition) is 1. The largest absolute Gasteiger partial charge is 0.354 e. The molecule has 0 saturated heterocycles. The zero-order chi connectivity index (χ0) is 24.4. The monoisotopic (exact) mass is 532 g/mol. The lowest BCUT2D eigenvalue weighted by atomic mass is 10.1. The first-order valence-corrected chi connectivity index (χ1v) is 13.1. The molecule has 9 heteroatoms. The zero-order valence-electron chi connectivity index (χ0n) is 18.7. The van der Waals surface area contributed by atoms with Gasteiger partial charge in [-0.1, -0.05) is 67.2 Å². The Kier molecular flexibility index (Phi) is 11.8. The van der Waals surface area contributed by atoms with Gasteiger partial charge in [0.15, 0.2) is 0 Å². The van der Waals surface area contributed by atoms with Gasteiger partial charge in [-0.15, -0.1) is 11.8 Å². The number of nitrogens with one attached hydrogen (secondary N) is 1. The van der Waals surface area contributed by atoms with E-state index in [9.17, 15) is 14.0 Å². The molecule has 0 spiro atoms. The SMILES string of the molecule is CCCCNC(=O)C(CC)N(Cc1ccc(Cl)c(Cl)c1)C(=O)CSCc1c(F)cccc1Cl.